The molecule has 0 radical (unpaired) electrons. The molecule has 1 N–H and O–H groups in total. The van der Waals surface area contributed by atoms with Gasteiger partial charge in [0.15, 0.2) is 0 Å². The Morgan fingerprint density at radius 3 is 2.67 bits per heavy atom. The molecule has 0 fully saturated rings. The molecule has 0 aliphatic rings. The zero-order valence-electron chi connectivity index (χ0n) is 9.15. The van der Waals surface area contributed by atoms with Crippen molar-refractivity contribution >= 4 is 5.69 Å². The van der Waals surface area contributed by atoms with Crippen LogP contribution in [0.1, 0.15) is 6.92 Å². The van der Waals surface area contributed by atoms with Gasteiger partial charge in [0.1, 0.15) is 5.69 Å². The molecule has 0 unspecified atom stereocenters. The van der Waals surface area contributed by atoms with Crippen LogP contribution in [0.25, 0.3) is 0 Å². The lowest BCUT2D eigenvalue weighted by atomic mass is 10.4. The number of allylic oxidation sites excluding steroid dienone is 1. The monoisotopic (exact) mass is 209 g/mol. The highest BCUT2D eigenvalue weighted by molar-refractivity contribution is 5.38. The van der Waals surface area contributed by atoms with Gasteiger partial charge in [-0.2, -0.15) is 0 Å². The fourth-order valence-corrected chi connectivity index (χ4v) is 1.22. The second-order valence-corrected chi connectivity index (χ2v) is 3.25. The van der Waals surface area contributed by atoms with Crippen molar-refractivity contribution in [1.82, 2.24) is 9.13 Å². The van der Waals surface area contributed by atoms with E-state index in [1.165, 1.54) is 17.8 Å². The Labute approximate surface area is 87.7 Å². The highest BCUT2D eigenvalue weighted by Gasteiger charge is 2.04. The first-order valence-corrected chi connectivity index (χ1v) is 4.69. The summed E-state index contributed by atoms with van der Waals surface area (Å²) in [5, 5.41) is 2.94. The van der Waals surface area contributed by atoms with Crippen molar-refractivity contribution < 1.29 is 0 Å². The number of aryl methyl sites for hydroxylation is 1. The van der Waals surface area contributed by atoms with Crippen LogP contribution in [-0.4, -0.2) is 15.7 Å². The third-order valence-electron chi connectivity index (χ3n) is 2.09. The lowest BCUT2D eigenvalue weighted by Crippen LogP contribution is -2.37. The highest BCUT2D eigenvalue weighted by Crippen LogP contribution is 1.93. The van der Waals surface area contributed by atoms with Crippen molar-refractivity contribution in [2.45, 2.75) is 6.92 Å². The number of nitrogens with zero attached hydrogens (tertiary/aromatic N) is 2. The van der Waals surface area contributed by atoms with Crippen LogP contribution in [0.15, 0.2) is 27.9 Å². The molecular weight excluding hydrogens is 194 g/mol. The molecule has 0 spiro atoms. The maximum Gasteiger partial charge on any atom is 0.330 e. The van der Waals surface area contributed by atoms with Gasteiger partial charge in [0.05, 0.1) is 0 Å². The molecule has 0 atom stereocenters. The highest BCUT2D eigenvalue weighted by atomic mass is 16.2. The first kappa shape index (κ1) is 11.3. The lowest BCUT2D eigenvalue weighted by molar-refractivity contribution is 0.688. The molecule has 0 aliphatic heterocycles. The largest absolute Gasteiger partial charge is 0.376 e. The van der Waals surface area contributed by atoms with Gasteiger partial charge in [0.2, 0.25) is 0 Å². The minimum atomic E-state index is -0.323. The quantitative estimate of drug-likeness (QED) is 0.717. The smallest absolute Gasteiger partial charge is 0.330 e. The summed E-state index contributed by atoms with van der Waals surface area (Å²) in [6.45, 7) is 2.48. The maximum atomic E-state index is 11.6. The zero-order chi connectivity index (χ0) is 11.4. The molecule has 5 nitrogen and oxygen atoms in total. The number of anilines is 1. The normalized spacial score (nSPS) is 10.9. The van der Waals surface area contributed by atoms with Crippen molar-refractivity contribution in [2.24, 2.45) is 14.1 Å². The van der Waals surface area contributed by atoms with Gasteiger partial charge in [-0.15, -0.1) is 0 Å². The molecule has 82 valence electrons. The van der Waals surface area contributed by atoms with Gasteiger partial charge < -0.3 is 9.88 Å². The summed E-state index contributed by atoms with van der Waals surface area (Å²) in [6, 6.07) is 0. The van der Waals surface area contributed by atoms with Gasteiger partial charge in [0.25, 0.3) is 5.56 Å². The predicted molar refractivity (Wildman–Crippen MR) is 60.2 cm³/mol. The van der Waals surface area contributed by atoms with E-state index < -0.39 is 0 Å². The van der Waals surface area contributed by atoms with Crippen molar-refractivity contribution in [3.8, 4) is 0 Å². The van der Waals surface area contributed by atoms with Crippen LogP contribution in [0.4, 0.5) is 5.69 Å². The molecule has 0 bridgehead atoms. The molecule has 0 aliphatic carbocycles. The van der Waals surface area contributed by atoms with Gasteiger partial charge in [-0.3, -0.25) is 9.36 Å². The van der Waals surface area contributed by atoms with E-state index >= 15 is 0 Å². The second kappa shape index (κ2) is 4.63. The summed E-state index contributed by atoms with van der Waals surface area (Å²) in [6.07, 6.45) is 5.29. The van der Waals surface area contributed by atoms with Gasteiger partial charge in [0, 0.05) is 26.8 Å². The fraction of sp³-hybridized carbons (Fsp3) is 0.400. The molecular formula is C10H15N3O2. The lowest BCUT2D eigenvalue weighted by Gasteiger charge is -2.07. The Bertz CT molecular complexity index is 482. The van der Waals surface area contributed by atoms with Crippen LogP contribution in [-0.2, 0) is 14.1 Å². The summed E-state index contributed by atoms with van der Waals surface area (Å²) >= 11 is 0. The van der Waals surface area contributed by atoms with Crippen LogP contribution in [0.3, 0.4) is 0 Å². The summed E-state index contributed by atoms with van der Waals surface area (Å²) < 4.78 is 2.46. The standard InChI is InChI=1S/C10H15N3O2/c1-4-5-6-11-8-7-12(2)10(15)13(3)9(8)14/h4-5,7,11H,6H2,1-3H3. The topological polar surface area (TPSA) is 56.0 Å². The minimum absolute atomic E-state index is 0.303. The van der Waals surface area contributed by atoms with E-state index in [4.69, 9.17) is 0 Å². The van der Waals surface area contributed by atoms with E-state index in [0.717, 1.165) is 4.57 Å². The molecule has 1 heterocycles. The van der Waals surface area contributed by atoms with Crippen molar-refractivity contribution in [3.63, 3.8) is 0 Å². The van der Waals surface area contributed by atoms with E-state index in [-0.39, 0.29) is 11.2 Å². The fourth-order valence-electron chi connectivity index (χ4n) is 1.22. The van der Waals surface area contributed by atoms with Crippen LogP contribution in [0, 0.1) is 0 Å². The molecule has 1 rings (SSSR count). The molecule has 15 heavy (non-hydrogen) atoms. The Balaban J connectivity index is 3.10. The Hall–Kier alpha value is -1.78. The van der Waals surface area contributed by atoms with Crippen LogP contribution >= 0.6 is 0 Å². The van der Waals surface area contributed by atoms with Gasteiger partial charge >= 0.3 is 5.69 Å². The summed E-state index contributed by atoms with van der Waals surface area (Å²) in [5.41, 5.74) is -0.197. The number of aromatic nitrogens is 2. The average molecular weight is 209 g/mol. The van der Waals surface area contributed by atoms with Gasteiger partial charge in [-0.25, -0.2) is 4.79 Å². The minimum Gasteiger partial charge on any atom is -0.376 e. The second-order valence-electron chi connectivity index (χ2n) is 3.25. The van der Waals surface area contributed by atoms with Crippen molar-refractivity contribution in [1.29, 1.82) is 0 Å². The maximum absolute atomic E-state index is 11.6. The van der Waals surface area contributed by atoms with E-state index in [2.05, 4.69) is 5.32 Å². The van der Waals surface area contributed by atoms with Crippen LogP contribution in [0.2, 0.25) is 0 Å². The Morgan fingerprint density at radius 2 is 2.07 bits per heavy atom. The SMILES string of the molecule is CC=CCNc1cn(C)c(=O)n(C)c1=O. The molecule has 1 aromatic rings. The summed E-state index contributed by atoms with van der Waals surface area (Å²) in [7, 11) is 3.08. The number of rotatable bonds is 3. The first-order chi connectivity index (χ1) is 7.07. The van der Waals surface area contributed by atoms with Crippen LogP contribution in [0.5, 0.6) is 0 Å². The average Bonchev–Trinajstić information content (AvgIpc) is 2.23. The van der Waals surface area contributed by atoms with Crippen LogP contribution < -0.4 is 16.6 Å². The first-order valence-electron chi connectivity index (χ1n) is 4.69. The number of hydrogen-bond donors (Lipinski definition) is 1. The molecule has 1 aromatic heterocycles. The van der Waals surface area contributed by atoms with E-state index in [1.54, 1.807) is 7.05 Å². The predicted octanol–water partition coefficient (Wildman–Crippen LogP) is 0.0720. The molecule has 0 saturated carbocycles. The molecule has 5 heteroatoms. The Kier molecular flexibility index (Phi) is 3.49. The van der Waals surface area contributed by atoms with Gasteiger partial charge in [-0.05, 0) is 6.92 Å². The van der Waals surface area contributed by atoms with Crippen molar-refractivity contribution in [3.05, 3.63) is 39.2 Å². The zero-order valence-corrected chi connectivity index (χ0v) is 9.15. The molecule has 0 aromatic carbocycles. The number of nitrogens with one attached hydrogen (secondary N) is 1. The third kappa shape index (κ3) is 2.37. The summed E-state index contributed by atoms with van der Waals surface area (Å²) in [5.74, 6) is 0. The van der Waals surface area contributed by atoms with E-state index in [0.29, 0.717) is 12.2 Å². The Morgan fingerprint density at radius 1 is 1.40 bits per heavy atom. The molecule has 0 amide bonds. The van der Waals surface area contributed by atoms with E-state index in [9.17, 15) is 9.59 Å². The van der Waals surface area contributed by atoms with E-state index in [1.807, 2.05) is 19.1 Å². The number of hydrogen-bond acceptors (Lipinski definition) is 3. The summed E-state index contributed by atoms with van der Waals surface area (Å²) in [4.78, 5) is 23.0. The van der Waals surface area contributed by atoms with Crippen molar-refractivity contribution in [2.75, 3.05) is 11.9 Å². The third-order valence-corrected chi connectivity index (χ3v) is 2.09. The molecule has 0 saturated heterocycles. The van der Waals surface area contributed by atoms with Gasteiger partial charge in [-0.1, -0.05) is 12.2 Å².